The van der Waals surface area contributed by atoms with E-state index in [0.717, 1.165) is 12.8 Å². The minimum Gasteiger partial charge on any atom is -0.383 e. The molecule has 1 aliphatic heterocycles. The summed E-state index contributed by atoms with van der Waals surface area (Å²) >= 11 is 0. The zero-order valence-corrected chi connectivity index (χ0v) is 7.18. The molecule has 3 nitrogen and oxygen atoms in total. The highest BCUT2D eigenvalue weighted by atomic mass is 16.3. The monoisotopic (exact) mass is 169 g/mol. The molecule has 2 rings (SSSR count). The first-order valence-electron chi connectivity index (χ1n) is 4.72. The molecule has 1 saturated carbocycles. The zero-order chi connectivity index (χ0) is 8.60. The van der Waals surface area contributed by atoms with E-state index in [1.165, 1.54) is 19.3 Å². The lowest BCUT2D eigenvalue weighted by Crippen LogP contribution is -2.42. The number of carbonyl (C=O) groups is 1. The van der Waals surface area contributed by atoms with Crippen LogP contribution in [0.2, 0.25) is 0 Å². The molecule has 1 heterocycles. The fourth-order valence-electron chi connectivity index (χ4n) is 2.42. The summed E-state index contributed by atoms with van der Waals surface area (Å²) in [4.78, 5) is 11.1. The lowest BCUT2D eigenvalue weighted by Gasteiger charge is -2.32. The van der Waals surface area contributed by atoms with E-state index in [-0.39, 0.29) is 11.4 Å². The minimum atomic E-state index is -0.747. The highest BCUT2D eigenvalue weighted by Crippen LogP contribution is 2.35. The SMILES string of the molecule is O=C1NC2(CCCCC2)CC1O. The molecule has 1 aliphatic carbocycles. The first kappa shape index (κ1) is 8.05. The number of hydrogen-bond acceptors (Lipinski definition) is 2. The maximum atomic E-state index is 11.1. The number of amides is 1. The van der Waals surface area contributed by atoms with E-state index < -0.39 is 6.10 Å². The van der Waals surface area contributed by atoms with Gasteiger partial charge in [0.05, 0.1) is 0 Å². The average molecular weight is 169 g/mol. The van der Waals surface area contributed by atoms with Gasteiger partial charge in [0.25, 0.3) is 0 Å². The van der Waals surface area contributed by atoms with Gasteiger partial charge in [-0.15, -0.1) is 0 Å². The molecule has 0 radical (unpaired) electrons. The zero-order valence-electron chi connectivity index (χ0n) is 7.18. The van der Waals surface area contributed by atoms with Crippen molar-refractivity contribution in [1.82, 2.24) is 5.32 Å². The molecule has 0 aromatic carbocycles. The van der Waals surface area contributed by atoms with Gasteiger partial charge in [-0.1, -0.05) is 19.3 Å². The second-order valence-electron chi connectivity index (χ2n) is 4.05. The molecule has 1 saturated heterocycles. The van der Waals surface area contributed by atoms with Gasteiger partial charge in [0, 0.05) is 12.0 Å². The summed E-state index contributed by atoms with van der Waals surface area (Å²) in [6, 6.07) is 0. The molecule has 0 aromatic rings. The Bertz CT molecular complexity index is 197. The maximum absolute atomic E-state index is 11.1. The molecule has 2 aliphatic rings. The smallest absolute Gasteiger partial charge is 0.249 e. The van der Waals surface area contributed by atoms with Crippen LogP contribution in [0, 0.1) is 0 Å². The molecule has 0 bridgehead atoms. The number of nitrogens with one attached hydrogen (secondary N) is 1. The predicted molar refractivity (Wildman–Crippen MR) is 44.6 cm³/mol. The van der Waals surface area contributed by atoms with Gasteiger partial charge in [-0.05, 0) is 12.8 Å². The van der Waals surface area contributed by atoms with Gasteiger partial charge >= 0.3 is 0 Å². The van der Waals surface area contributed by atoms with Crippen LogP contribution in [-0.4, -0.2) is 22.7 Å². The molecule has 1 atom stereocenters. The Labute approximate surface area is 72.2 Å². The Morgan fingerprint density at radius 3 is 2.50 bits per heavy atom. The lowest BCUT2D eigenvalue weighted by molar-refractivity contribution is -0.126. The van der Waals surface area contributed by atoms with Gasteiger partial charge in [-0.25, -0.2) is 0 Å². The van der Waals surface area contributed by atoms with Crippen molar-refractivity contribution in [2.45, 2.75) is 50.2 Å². The van der Waals surface area contributed by atoms with Crippen LogP contribution >= 0.6 is 0 Å². The van der Waals surface area contributed by atoms with Gasteiger partial charge in [-0.2, -0.15) is 0 Å². The van der Waals surface area contributed by atoms with Gasteiger partial charge in [0.1, 0.15) is 6.10 Å². The number of rotatable bonds is 0. The summed E-state index contributed by atoms with van der Waals surface area (Å²) in [5, 5.41) is 12.2. The Morgan fingerprint density at radius 2 is 2.00 bits per heavy atom. The van der Waals surface area contributed by atoms with Crippen molar-refractivity contribution in [3.05, 3.63) is 0 Å². The number of aliphatic hydroxyl groups excluding tert-OH is 1. The second-order valence-corrected chi connectivity index (χ2v) is 4.05. The van der Waals surface area contributed by atoms with Crippen molar-refractivity contribution in [2.75, 3.05) is 0 Å². The molecule has 0 aromatic heterocycles. The van der Waals surface area contributed by atoms with Crippen molar-refractivity contribution >= 4 is 5.91 Å². The van der Waals surface area contributed by atoms with E-state index in [2.05, 4.69) is 5.32 Å². The van der Waals surface area contributed by atoms with Crippen LogP contribution in [-0.2, 0) is 4.79 Å². The normalized spacial score (nSPS) is 33.8. The van der Waals surface area contributed by atoms with Crippen molar-refractivity contribution < 1.29 is 9.90 Å². The fourth-order valence-corrected chi connectivity index (χ4v) is 2.42. The van der Waals surface area contributed by atoms with Crippen LogP contribution < -0.4 is 5.32 Å². The van der Waals surface area contributed by atoms with Crippen LogP contribution in [0.25, 0.3) is 0 Å². The quantitative estimate of drug-likeness (QED) is 0.557. The van der Waals surface area contributed by atoms with E-state index >= 15 is 0 Å². The molecular weight excluding hydrogens is 154 g/mol. The summed E-state index contributed by atoms with van der Waals surface area (Å²) < 4.78 is 0. The van der Waals surface area contributed by atoms with Gasteiger partial charge in [0.15, 0.2) is 0 Å². The fraction of sp³-hybridized carbons (Fsp3) is 0.889. The summed E-state index contributed by atoms with van der Waals surface area (Å²) in [6.07, 6.45) is 5.63. The summed E-state index contributed by atoms with van der Waals surface area (Å²) in [7, 11) is 0. The van der Waals surface area contributed by atoms with Gasteiger partial charge in [-0.3, -0.25) is 4.79 Å². The molecule has 1 amide bonds. The standard InChI is InChI=1S/C9H15NO2/c11-7-6-9(10-8(7)12)4-2-1-3-5-9/h7,11H,1-6H2,(H,10,12). The molecule has 2 N–H and O–H groups in total. The molecule has 12 heavy (non-hydrogen) atoms. The third-order valence-electron chi connectivity index (χ3n) is 3.09. The summed E-state index contributed by atoms with van der Waals surface area (Å²) in [5.41, 5.74) is -0.0330. The highest BCUT2D eigenvalue weighted by molar-refractivity contribution is 5.84. The van der Waals surface area contributed by atoms with Crippen LogP contribution in [0.4, 0.5) is 0 Å². The third-order valence-corrected chi connectivity index (χ3v) is 3.09. The molecule has 1 unspecified atom stereocenters. The Balaban J connectivity index is 2.07. The van der Waals surface area contributed by atoms with Crippen molar-refractivity contribution in [2.24, 2.45) is 0 Å². The first-order chi connectivity index (χ1) is 5.72. The Kier molecular flexibility index (Phi) is 1.83. The van der Waals surface area contributed by atoms with E-state index in [1.54, 1.807) is 0 Å². The highest BCUT2D eigenvalue weighted by Gasteiger charge is 2.43. The van der Waals surface area contributed by atoms with Crippen molar-refractivity contribution in [1.29, 1.82) is 0 Å². The largest absolute Gasteiger partial charge is 0.383 e. The lowest BCUT2D eigenvalue weighted by atomic mass is 9.80. The number of carbonyl (C=O) groups excluding carboxylic acids is 1. The van der Waals surface area contributed by atoms with Gasteiger partial charge < -0.3 is 10.4 Å². The molecule has 2 fully saturated rings. The van der Waals surface area contributed by atoms with Crippen LogP contribution in [0.3, 0.4) is 0 Å². The van der Waals surface area contributed by atoms with E-state index in [1.807, 2.05) is 0 Å². The van der Waals surface area contributed by atoms with E-state index in [0.29, 0.717) is 6.42 Å². The van der Waals surface area contributed by atoms with Crippen LogP contribution in [0.15, 0.2) is 0 Å². The Morgan fingerprint density at radius 1 is 1.33 bits per heavy atom. The molecule has 3 heteroatoms. The average Bonchev–Trinajstić information content (AvgIpc) is 2.29. The first-order valence-corrected chi connectivity index (χ1v) is 4.72. The molecular formula is C9H15NO2. The topological polar surface area (TPSA) is 49.3 Å². The van der Waals surface area contributed by atoms with Crippen molar-refractivity contribution in [3.8, 4) is 0 Å². The van der Waals surface area contributed by atoms with Crippen LogP contribution in [0.5, 0.6) is 0 Å². The maximum Gasteiger partial charge on any atom is 0.249 e. The van der Waals surface area contributed by atoms with Crippen molar-refractivity contribution in [3.63, 3.8) is 0 Å². The van der Waals surface area contributed by atoms with E-state index in [9.17, 15) is 9.90 Å². The molecule has 1 spiro atoms. The third kappa shape index (κ3) is 1.22. The minimum absolute atomic E-state index is 0.0330. The predicted octanol–water partition coefficient (Wildman–Crippen LogP) is 0.570. The summed E-state index contributed by atoms with van der Waals surface area (Å²) in [6.45, 7) is 0. The number of aliphatic hydroxyl groups is 1. The molecule has 68 valence electrons. The van der Waals surface area contributed by atoms with Gasteiger partial charge in [0.2, 0.25) is 5.91 Å². The van der Waals surface area contributed by atoms with Crippen LogP contribution in [0.1, 0.15) is 38.5 Å². The summed E-state index contributed by atoms with van der Waals surface area (Å²) in [5.74, 6) is -0.170. The van der Waals surface area contributed by atoms with E-state index in [4.69, 9.17) is 0 Å². The number of hydrogen-bond donors (Lipinski definition) is 2. The Hall–Kier alpha value is -0.570. The second kappa shape index (κ2) is 2.73.